The molecule has 0 spiro atoms. The summed E-state index contributed by atoms with van der Waals surface area (Å²) in [7, 11) is -2.67. The van der Waals surface area contributed by atoms with Crippen molar-refractivity contribution in [3.63, 3.8) is 0 Å². The molecule has 46 heavy (non-hydrogen) atoms. The van der Waals surface area contributed by atoms with E-state index in [1.807, 2.05) is 25.1 Å². The van der Waals surface area contributed by atoms with Gasteiger partial charge in [0.15, 0.2) is 0 Å². The van der Waals surface area contributed by atoms with Crippen LogP contribution >= 0.6 is 0 Å². The van der Waals surface area contributed by atoms with E-state index < -0.39 is 8.32 Å². The number of amides is 1. The highest BCUT2D eigenvalue weighted by atomic mass is 28.4. The molecule has 2 aromatic carbocycles. The maximum absolute atomic E-state index is 12.0. The van der Waals surface area contributed by atoms with Gasteiger partial charge in [-0.1, -0.05) is 81.4 Å². The molecule has 1 unspecified atom stereocenters. The van der Waals surface area contributed by atoms with Crippen LogP contribution in [0.1, 0.15) is 62.2 Å². The zero-order valence-corrected chi connectivity index (χ0v) is 28.5. The van der Waals surface area contributed by atoms with Gasteiger partial charge in [-0.3, -0.25) is 4.79 Å². The quantitative estimate of drug-likeness (QED) is 0.233. The first kappa shape index (κ1) is 31.8. The average molecular weight is 637 g/mol. The van der Waals surface area contributed by atoms with E-state index in [1.54, 1.807) is 6.20 Å². The van der Waals surface area contributed by atoms with E-state index in [-0.39, 0.29) is 23.2 Å². The van der Waals surface area contributed by atoms with Gasteiger partial charge in [-0.2, -0.15) is 0 Å². The zero-order valence-electron chi connectivity index (χ0n) is 27.5. The van der Waals surface area contributed by atoms with Gasteiger partial charge in [-0.15, -0.1) is 0 Å². The molecule has 240 valence electrons. The highest BCUT2D eigenvalue weighted by Gasteiger charge is 2.51. The number of rotatable bonds is 10. The van der Waals surface area contributed by atoms with Crippen LogP contribution in [0.25, 0.3) is 0 Å². The van der Waals surface area contributed by atoms with Crippen molar-refractivity contribution in [3.05, 3.63) is 102 Å². The second-order valence-electron chi connectivity index (χ2n) is 13.3. The summed E-state index contributed by atoms with van der Waals surface area (Å²) >= 11 is 0. The molecule has 2 aliphatic heterocycles. The number of hydrogen-bond acceptors (Lipinski definition) is 7. The standard InChI is InChI=1S/C37H44N4O4Si/c1-26-22-32-33(24-39-36(32)42)40-35(26)41-20-18-28(19-21-41)44-29-16-17-34(38-23-29)43-25-27(2)45-46(37(3,4)5,30-12-8-6-9-13-30)31-14-10-7-11-15-31/h6-17,22-23,27-28H,18-21,24-25H2,1-5H3,(H,39,42). The van der Waals surface area contributed by atoms with Gasteiger partial charge in [0, 0.05) is 32.0 Å². The lowest BCUT2D eigenvalue weighted by molar-refractivity contribution is 0.0965. The number of aromatic nitrogens is 2. The Morgan fingerprint density at radius 3 is 2.22 bits per heavy atom. The first-order valence-corrected chi connectivity index (χ1v) is 18.1. The summed E-state index contributed by atoms with van der Waals surface area (Å²) in [5.74, 6) is 2.21. The summed E-state index contributed by atoms with van der Waals surface area (Å²) in [5, 5.41) is 5.25. The number of aryl methyl sites for hydroxylation is 1. The largest absolute Gasteiger partial charge is 0.489 e. The van der Waals surface area contributed by atoms with Crippen molar-refractivity contribution < 1.29 is 18.7 Å². The minimum absolute atomic E-state index is 0.0347. The van der Waals surface area contributed by atoms with Crippen molar-refractivity contribution >= 4 is 30.4 Å². The van der Waals surface area contributed by atoms with Crippen LogP contribution in [0, 0.1) is 6.92 Å². The molecular formula is C37H44N4O4Si. The van der Waals surface area contributed by atoms with Crippen molar-refractivity contribution in [2.75, 3.05) is 24.6 Å². The SMILES string of the molecule is Cc1cc2c(nc1N1CCC(Oc3ccc(OCC(C)O[Si](c4ccccc4)(c4ccccc4)C(C)(C)C)nc3)CC1)CNC2=O. The molecule has 9 heteroatoms. The smallest absolute Gasteiger partial charge is 0.261 e. The molecule has 0 radical (unpaired) electrons. The van der Waals surface area contributed by atoms with Gasteiger partial charge in [0.2, 0.25) is 5.88 Å². The molecule has 4 aromatic rings. The van der Waals surface area contributed by atoms with Gasteiger partial charge in [-0.25, -0.2) is 9.97 Å². The molecule has 1 atom stereocenters. The topological polar surface area (TPSA) is 85.8 Å². The number of anilines is 1. The molecule has 4 heterocycles. The lowest BCUT2D eigenvalue weighted by Gasteiger charge is -2.44. The predicted octanol–water partition coefficient (Wildman–Crippen LogP) is 5.42. The lowest BCUT2D eigenvalue weighted by Crippen LogP contribution is -2.67. The second-order valence-corrected chi connectivity index (χ2v) is 17.6. The van der Waals surface area contributed by atoms with Gasteiger partial charge in [-0.05, 0) is 47.0 Å². The molecule has 8 nitrogen and oxygen atoms in total. The number of carbonyl (C=O) groups is 1. The number of nitrogens with zero attached hydrogens (tertiary/aromatic N) is 3. The Morgan fingerprint density at radius 2 is 1.63 bits per heavy atom. The van der Waals surface area contributed by atoms with Crippen LogP contribution in [0.15, 0.2) is 85.1 Å². The third-order valence-electron chi connectivity index (χ3n) is 8.94. The molecule has 0 bridgehead atoms. The zero-order chi connectivity index (χ0) is 32.3. The Labute approximate surface area is 273 Å². The summed E-state index contributed by atoms with van der Waals surface area (Å²) < 4.78 is 19.6. The number of carbonyl (C=O) groups excluding carboxylic acids is 1. The predicted molar refractivity (Wildman–Crippen MR) is 184 cm³/mol. The fraction of sp³-hybridized carbons (Fsp3) is 0.378. The van der Waals surface area contributed by atoms with Crippen LogP contribution in [0.4, 0.5) is 5.82 Å². The Balaban J connectivity index is 1.05. The summed E-state index contributed by atoms with van der Waals surface area (Å²) in [6.07, 6.45) is 3.44. The van der Waals surface area contributed by atoms with Crippen molar-refractivity contribution in [3.8, 4) is 11.6 Å². The molecule has 1 amide bonds. The van der Waals surface area contributed by atoms with Crippen molar-refractivity contribution in [2.24, 2.45) is 0 Å². The lowest BCUT2D eigenvalue weighted by atomic mass is 10.1. The summed E-state index contributed by atoms with van der Waals surface area (Å²) in [6, 6.07) is 27.1. The minimum Gasteiger partial charge on any atom is -0.489 e. The van der Waals surface area contributed by atoms with Crippen molar-refractivity contribution in [1.82, 2.24) is 15.3 Å². The Bertz CT molecular complexity index is 1600. The number of hydrogen-bond donors (Lipinski definition) is 1. The summed E-state index contributed by atoms with van der Waals surface area (Å²) in [5.41, 5.74) is 2.56. The maximum atomic E-state index is 12.0. The molecule has 0 saturated carbocycles. The highest BCUT2D eigenvalue weighted by molar-refractivity contribution is 6.99. The van der Waals surface area contributed by atoms with Gasteiger partial charge in [0.25, 0.3) is 14.2 Å². The summed E-state index contributed by atoms with van der Waals surface area (Å²) in [4.78, 5) is 23.6. The van der Waals surface area contributed by atoms with E-state index in [9.17, 15) is 4.79 Å². The van der Waals surface area contributed by atoms with Crippen LogP contribution in [0.5, 0.6) is 11.6 Å². The number of ether oxygens (including phenoxy) is 2. The van der Waals surface area contributed by atoms with Gasteiger partial charge in [0.05, 0.1) is 30.1 Å². The third kappa shape index (κ3) is 6.52. The van der Waals surface area contributed by atoms with Crippen LogP contribution in [0.3, 0.4) is 0 Å². The molecule has 0 aliphatic carbocycles. The third-order valence-corrected chi connectivity index (χ3v) is 14.1. The number of fused-ring (bicyclic) bond motifs is 1. The first-order chi connectivity index (χ1) is 22.1. The van der Waals surface area contributed by atoms with Crippen molar-refractivity contribution in [1.29, 1.82) is 0 Å². The first-order valence-electron chi connectivity index (χ1n) is 16.2. The fourth-order valence-corrected chi connectivity index (χ4v) is 11.4. The Kier molecular flexibility index (Phi) is 9.15. The van der Waals surface area contributed by atoms with Gasteiger partial charge >= 0.3 is 0 Å². The van der Waals surface area contributed by atoms with Gasteiger partial charge < -0.3 is 24.1 Å². The van der Waals surface area contributed by atoms with Crippen LogP contribution in [0.2, 0.25) is 5.04 Å². The van der Waals surface area contributed by atoms with E-state index in [0.717, 1.165) is 48.8 Å². The van der Waals surface area contributed by atoms with E-state index in [0.29, 0.717) is 24.6 Å². The average Bonchev–Trinajstić information content (AvgIpc) is 3.42. The van der Waals surface area contributed by atoms with Crippen molar-refractivity contribution in [2.45, 2.75) is 71.3 Å². The molecule has 1 saturated heterocycles. The number of nitrogens with one attached hydrogen (secondary N) is 1. The minimum atomic E-state index is -2.67. The molecule has 1 fully saturated rings. The molecular weight excluding hydrogens is 593 g/mol. The number of piperidine rings is 1. The van der Waals surface area contributed by atoms with Gasteiger partial charge in [0.1, 0.15) is 24.3 Å². The van der Waals surface area contributed by atoms with E-state index >= 15 is 0 Å². The second kappa shape index (κ2) is 13.3. The van der Waals surface area contributed by atoms with Crippen LogP contribution in [-0.2, 0) is 11.0 Å². The number of benzene rings is 2. The fourth-order valence-electron chi connectivity index (χ4n) is 6.68. The van der Waals surface area contributed by atoms with E-state index in [2.05, 4.69) is 104 Å². The Morgan fingerprint density at radius 1 is 0.978 bits per heavy atom. The molecule has 1 N–H and O–H groups in total. The maximum Gasteiger partial charge on any atom is 0.261 e. The molecule has 6 rings (SSSR count). The highest BCUT2D eigenvalue weighted by Crippen LogP contribution is 2.37. The monoisotopic (exact) mass is 636 g/mol. The number of pyridine rings is 2. The van der Waals surface area contributed by atoms with Crippen LogP contribution < -0.4 is 30.1 Å². The summed E-state index contributed by atoms with van der Waals surface area (Å²) in [6.45, 7) is 13.5. The molecule has 2 aromatic heterocycles. The van der Waals surface area contributed by atoms with E-state index in [4.69, 9.17) is 18.9 Å². The molecule has 2 aliphatic rings. The van der Waals surface area contributed by atoms with Crippen LogP contribution in [-0.4, -0.2) is 56.1 Å². The Hall–Kier alpha value is -4.21. The van der Waals surface area contributed by atoms with E-state index in [1.165, 1.54) is 10.4 Å². The normalized spacial score (nSPS) is 16.1.